The second-order valence-corrected chi connectivity index (χ2v) is 7.61. The molecule has 1 aromatic rings. The lowest BCUT2D eigenvalue weighted by molar-refractivity contribution is -0.120. The fourth-order valence-electron chi connectivity index (χ4n) is 1.94. The molecule has 0 radical (unpaired) electrons. The maximum Gasteiger partial charge on any atom is 0.233 e. The first-order chi connectivity index (χ1) is 10.0. The van der Waals surface area contributed by atoms with E-state index >= 15 is 0 Å². The van der Waals surface area contributed by atoms with E-state index in [1.165, 1.54) is 18.4 Å². The Hall–Kier alpha value is -1.00. The van der Waals surface area contributed by atoms with Crippen LogP contribution >= 0.6 is 11.8 Å². The second-order valence-electron chi connectivity index (χ2n) is 6.20. The Morgan fingerprint density at radius 1 is 1.24 bits per heavy atom. The summed E-state index contributed by atoms with van der Waals surface area (Å²) >= 11 is 1.62. The molecule has 0 bridgehead atoms. The molecule has 0 aliphatic heterocycles. The summed E-state index contributed by atoms with van der Waals surface area (Å²) in [5.74, 6) is 0.609. The van der Waals surface area contributed by atoms with E-state index in [1.807, 2.05) is 6.92 Å². The van der Waals surface area contributed by atoms with Crippen LogP contribution in [0.1, 0.15) is 39.2 Å². The van der Waals surface area contributed by atoms with Crippen LogP contribution in [0.2, 0.25) is 0 Å². The van der Waals surface area contributed by atoms with Gasteiger partial charge < -0.3 is 10.6 Å². The van der Waals surface area contributed by atoms with E-state index in [1.54, 1.807) is 11.8 Å². The molecule has 2 N–H and O–H groups in total. The second kappa shape index (κ2) is 7.85. The summed E-state index contributed by atoms with van der Waals surface area (Å²) in [4.78, 5) is 13.1. The molecule has 1 saturated carbocycles. The minimum atomic E-state index is -0.0563. The molecule has 2 rings (SSSR count). The standard InChI is InChI=1S/C17H26N2OS/c1-12(2)10-19-17(20)13(3)21-16-8-4-14(5-9-16)11-18-15-6-7-15/h4-5,8-9,12-13,15,18H,6-7,10-11H2,1-3H3,(H,19,20). The molecule has 1 unspecified atom stereocenters. The molecule has 116 valence electrons. The van der Waals surface area contributed by atoms with Gasteiger partial charge in [-0.15, -0.1) is 11.8 Å². The van der Waals surface area contributed by atoms with Crippen molar-refractivity contribution in [1.82, 2.24) is 10.6 Å². The molecule has 0 heterocycles. The van der Waals surface area contributed by atoms with Crippen molar-refractivity contribution in [2.45, 2.75) is 56.3 Å². The van der Waals surface area contributed by atoms with Gasteiger partial charge in [-0.2, -0.15) is 0 Å². The van der Waals surface area contributed by atoms with Gasteiger partial charge in [-0.25, -0.2) is 0 Å². The van der Waals surface area contributed by atoms with Gasteiger partial charge in [0.05, 0.1) is 5.25 Å². The first-order valence-corrected chi connectivity index (χ1v) is 8.69. The van der Waals surface area contributed by atoms with E-state index in [9.17, 15) is 4.79 Å². The van der Waals surface area contributed by atoms with E-state index in [4.69, 9.17) is 0 Å². The summed E-state index contributed by atoms with van der Waals surface area (Å²) in [7, 11) is 0. The van der Waals surface area contributed by atoms with Crippen LogP contribution < -0.4 is 10.6 Å². The zero-order valence-corrected chi connectivity index (χ0v) is 14.0. The van der Waals surface area contributed by atoms with Crippen LogP contribution in [-0.2, 0) is 11.3 Å². The normalized spacial score (nSPS) is 16.0. The average Bonchev–Trinajstić information content (AvgIpc) is 3.28. The maximum atomic E-state index is 12.0. The number of amides is 1. The van der Waals surface area contributed by atoms with E-state index in [-0.39, 0.29) is 11.2 Å². The van der Waals surface area contributed by atoms with E-state index < -0.39 is 0 Å². The van der Waals surface area contributed by atoms with Gasteiger partial charge in [0.1, 0.15) is 0 Å². The number of carbonyl (C=O) groups excluding carboxylic acids is 1. The summed E-state index contributed by atoms with van der Waals surface area (Å²) in [6.45, 7) is 7.86. The van der Waals surface area contributed by atoms with Crippen LogP contribution in [0.5, 0.6) is 0 Å². The molecule has 1 amide bonds. The number of nitrogens with one attached hydrogen (secondary N) is 2. The molecule has 0 aromatic heterocycles. The van der Waals surface area contributed by atoms with Gasteiger partial charge in [0.2, 0.25) is 5.91 Å². The van der Waals surface area contributed by atoms with Crippen LogP contribution in [0.25, 0.3) is 0 Å². The number of hydrogen-bond acceptors (Lipinski definition) is 3. The number of rotatable bonds is 8. The summed E-state index contributed by atoms with van der Waals surface area (Å²) in [6.07, 6.45) is 2.63. The number of carbonyl (C=O) groups is 1. The Labute approximate surface area is 132 Å². The minimum Gasteiger partial charge on any atom is -0.355 e. The van der Waals surface area contributed by atoms with Crippen molar-refractivity contribution in [3.05, 3.63) is 29.8 Å². The van der Waals surface area contributed by atoms with E-state index in [0.717, 1.165) is 24.0 Å². The lowest BCUT2D eigenvalue weighted by Crippen LogP contribution is -2.33. The predicted molar refractivity (Wildman–Crippen MR) is 89.5 cm³/mol. The zero-order valence-electron chi connectivity index (χ0n) is 13.2. The molecule has 0 spiro atoms. The largest absolute Gasteiger partial charge is 0.355 e. The van der Waals surface area contributed by atoms with E-state index in [2.05, 4.69) is 48.7 Å². The third-order valence-corrected chi connectivity index (χ3v) is 4.57. The van der Waals surface area contributed by atoms with Gasteiger partial charge in [0.15, 0.2) is 0 Å². The van der Waals surface area contributed by atoms with Crippen LogP contribution in [0.3, 0.4) is 0 Å². The average molecular weight is 306 g/mol. The van der Waals surface area contributed by atoms with Crippen LogP contribution in [0.15, 0.2) is 29.2 Å². The molecular formula is C17H26N2OS. The fraction of sp³-hybridized carbons (Fsp3) is 0.588. The van der Waals surface area contributed by atoms with Crippen LogP contribution in [0, 0.1) is 5.92 Å². The molecule has 1 aliphatic carbocycles. The molecule has 1 fully saturated rings. The summed E-state index contributed by atoms with van der Waals surface area (Å²) in [5, 5.41) is 6.43. The highest BCUT2D eigenvalue weighted by Crippen LogP contribution is 2.24. The van der Waals surface area contributed by atoms with Crippen LogP contribution in [0.4, 0.5) is 0 Å². The lowest BCUT2D eigenvalue weighted by Gasteiger charge is -2.13. The Kier molecular flexibility index (Phi) is 6.12. The maximum absolute atomic E-state index is 12.0. The smallest absolute Gasteiger partial charge is 0.233 e. The third-order valence-electron chi connectivity index (χ3n) is 3.46. The summed E-state index contributed by atoms with van der Waals surface area (Å²) in [5.41, 5.74) is 1.31. The highest BCUT2D eigenvalue weighted by molar-refractivity contribution is 8.00. The number of hydrogen-bond donors (Lipinski definition) is 2. The van der Waals surface area contributed by atoms with Crippen LogP contribution in [-0.4, -0.2) is 23.7 Å². The first-order valence-electron chi connectivity index (χ1n) is 7.81. The first kappa shape index (κ1) is 16.4. The van der Waals surface area contributed by atoms with Crippen molar-refractivity contribution in [1.29, 1.82) is 0 Å². The fourth-order valence-corrected chi connectivity index (χ4v) is 2.83. The van der Waals surface area contributed by atoms with Crippen molar-refractivity contribution in [3.8, 4) is 0 Å². The van der Waals surface area contributed by atoms with Crippen molar-refractivity contribution < 1.29 is 4.79 Å². The Balaban J connectivity index is 1.76. The SMILES string of the molecule is CC(C)CNC(=O)C(C)Sc1ccc(CNC2CC2)cc1. The molecular weight excluding hydrogens is 280 g/mol. The molecule has 3 nitrogen and oxygen atoms in total. The zero-order chi connectivity index (χ0) is 15.2. The summed E-state index contributed by atoms with van der Waals surface area (Å²) in [6, 6.07) is 9.26. The van der Waals surface area contributed by atoms with Crippen molar-refractivity contribution in [2.24, 2.45) is 5.92 Å². The Morgan fingerprint density at radius 3 is 2.48 bits per heavy atom. The molecule has 21 heavy (non-hydrogen) atoms. The molecule has 1 aliphatic rings. The molecule has 4 heteroatoms. The van der Waals surface area contributed by atoms with Gasteiger partial charge in [-0.1, -0.05) is 26.0 Å². The quantitative estimate of drug-likeness (QED) is 0.725. The Morgan fingerprint density at radius 2 is 1.90 bits per heavy atom. The molecule has 0 saturated heterocycles. The van der Waals surface area contributed by atoms with Gasteiger partial charge in [-0.05, 0) is 43.4 Å². The third kappa shape index (κ3) is 6.10. The van der Waals surface area contributed by atoms with Gasteiger partial charge in [0.25, 0.3) is 0 Å². The highest BCUT2D eigenvalue weighted by Gasteiger charge is 2.20. The molecule has 1 atom stereocenters. The van der Waals surface area contributed by atoms with E-state index in [0.29, 0.717) is 5.92 Å². The van der Waals surface area contributed by atoms with Gasteiger partial charge >= 0.3 is 0 Å². The van der Waals surface area contributed by atoms with Gasteiger partial charge in [0, 0.05) is 24.0 Å². The topological polar surface area (TPSA) is 41.1 Å². The number of benzene rings is 1. The Bertz CT molecular complexity index is 454. The van der Waals surface area contributed by atoms with Crippen molar-refractivity contribution in [2.75, 3.05) is 6.54 Å². The lowest BCUT2D eigenvalue weighted by atomic mass is 10.2. The van der Waals surface area contributed by atoms with Gasteiger partial charge in [-0.3, -0.25) is 4.79 Å². The van der Waals surface area contributed by atoms with Crippen molar-refractivity contribution >= 4 is 17.7 Å². The van der Waals surface area contributed by atoms with Crippen molar-refractivity contribution in [3.63, 3.8) is 0 Å². The predicted octanol–water partition coefficient (Wildman–Crippen LogP) is 3.19. The minimum absolute atomic E-state index is 0.0563. The summed E-state index contributed by atoms with van der Waals surface area (Å²) < 4.78 is 0. The highest BCUT2D eigenvalue weighted by atomic mass is 32.2. The molecule has 1 aromatic carbocycles. The monoisotopic (exact) mass is 306 g/mol. The number of thioether (sulfide) groups is 1.